The molecule has 0 fully saturated rings. The quantitative estimate of drug-likeness (QED) is 0.874. The second-order valence-corrected chi connectivity index (χ2v) is 5.09. The molecule has 0 amide bonds. The van der Waals surface area contributed by atoms with Gasteiger partial charge in [-0.3, -0.25) is 0 Å². The summed E-state index contributed by atoms with van der Waals surface area (Å²) in [7, 11) is 5.89. The van der Waals surface area contributed by atoms with Gasteiger partial charge in [0.25, 0.3) is 0 Å². The van der Waals surface area contributed by atoms with E-state index in [4.69, 9.17) is 4.74 Å². The summed E-state index contributed by atoms with van der Waals surface area (Å²) < 4.78 is 6.52. The zero-order chi connectivity index (χ0) is 12.8. The molecule has 4 heteroatoms. The minimum absolute atomic E-state index is 0.308. The van der Waals surface area contributed by atoms with Crippen LogP contribution < -0.4 is 10.1 Å². The summed E-state index contributed by atoms with van der Waals surface area (Å²) in [6.07, 6.45) is 0. The van der Waals surface area contributed by atoms with E-state index in [1.165, 1.54) is 5.56 Å². The van der Waals surface area contributed by atoms with Crippen molar-refractivity contribution >= 4 is 15.9 Å². The zero-order valence-electron chi connectivity index (χ0n) is 11.0. The average Bonchev–Trinajstić information content (AvgIpc) is 2.29. The Morgan fingerprint density at radius 1 is 1.41 bits per heavy atom. The van der Waals surface area contributed by atoms with Crippen molar-refractivity contribution in [2.45, 2.75) is 13.0 Å². The van der Waals surface area contributed by atoms with Crippen LogP contribution in [0.15, 0.2) is 22.7 Å². The SMILES string of the molecule is CCNCC(c1cc(Br)ccc1OC)N(C)C. The maximum atomic E-state index is 5.44. The minimum atomic E-state index is 0.308. The van der Waals surface area contributed by atoms with E-state index in [2.05, 4.69) is 53.2 Å². The van der Waals surface area contributed by atoms with Crippen molar-refractivity contribution in [3.63, 3.8) is 0 Å². The number of nitrogens with zero attached hydrogens (tertiary/aromatic N) is 1. The number of halogens is 1. The maximum absolute atomic E-state index is 5.44. The Hall–Kier alpha value is -0.580. The highest BCUT2D eigenvalue weighted by Crippen LogP contribution is 2.30. The molecule has 1 aromatic carbocycles. The molecule has 0 spiro atoms. The molecule has 0 aliphatic carbocycles. The maximum Gasteiger partial charge on any atom is 0.123 e. The Morgan fingerprint density at radius 3 is 2.65 bits per heavy atom. The number of nitrogens with one attached hydrogen (secondary N) is 1. The van der Waals surface area contributed by atoms with Gasteiger partial charge in [0.2, 0.25) is 0 Å². The van der Waals surface area contributed by atoms with Crippen LogP contribution in [0.25, 0.3) is 0 Å². The van der Waals surface area contributed by atoms with Crippen LogP contribution in [0.2, 0.25) is 0 Å². The lowest BCUT2D eigenvalue weighted by molar-refractivity contribution is 0.280. The third-order valence-electron chi connectivity index (χ3n) is 2.76. The first-order valence-corrected chi connectivity index (χ1v) is 6.60. The van der Waals surface area contributed by atoms with Gasteiger partial charge in [0.1, 0.15) is 5.75 Å². The molecule has 0 saturated heterocycles. The van der Waals surface area contributed by atoms with Crippen LogP contribution in [-0.2, 0) is 0 Å². The van der Waals surface area contributed by atoms with E-state index in [0.29, 0.717) is 6.04 Å². The lowest BCUT2D eigenvalue weighted by Gasteiger charge is -2.26. The molecule has 1 aromatic rings. The van der Waals surface area contributed by atoms with Crippen molar-refractivity contribution in [3.8, 4) is 5.75 Å². The molecule has 3 nitrogen and oxygen atoms in total. The number of methoxy groups -OCH3 is 1. The standard InChI is InChI=1S/C13H21BrN2O/c1-5-15-9-12(16(2)3)11-8-10(14)6-7-13(11)17-4/h6-8,12,15H,5,9H2,1-4H3. The number of hydrogen-bond acceptors (Lipinski definition) is 3. The van der Waals surface area contributed by atoms with Crippen LogP contribution in [0.3, 0.4) is 0 Å². The highest BCUT2D eigenvalue weighted by atomic mass is 79.9. The predicted molar refractivity (Wildman–Crippen MR) is 75.7 cm³/mol. The molecule has 0 heterocycles. The monoisotopic (exact) mass is 300 g/mol. The first-order valence-electron chi connectivity index (χ1n) is 5.80. The molecule has 0 aromatic heterocycles. The van der Waals surface area contributed by atoms with Gasteiger partial charge in [-0.05, 0) is 38.8 Å². The Kier molecular flexibility index (Phi) is 5.95. The summed E-state index contributed by atoms with van der Waals surface area (Å²) in [6.45, 7) is 4.00. The second-order valence-electron chi connectivity index (χ2n) is 4.17. The number of ether oxygens (including phenoxy) is 1. The summed E-state index contributed by atoms with van der Waals surface area (Å²) in [5, 5.41) is 3.39. The summed E-state index contributed by atoms with van der Waals surface area (Å²) >= 11 is 3.52. The van der Waals surface area contributed by atoms with Crippen LogP contribution in [0.1, 0.15) is 18.5 Å². The number of benzene rings is 1. The van der Waals surface area contributed by atoms with Crippen LogP contribution >= 0.6 is 15.9 Å². The lowest BCUT2D eigenvalue weighted by Crippen LogP contribution is -2.31. The van der Waals surface area contributed by atoms with Crippen molar-refractivity contribution in [2.75, 3.05) is 34.3 Å². The van der Waals surface area contributed by atoms with E-state index in [0.717, 1.165) is 23.3 Å². The van der Waals surface area contributed by atoms with Gasteiger partial charge in [-0.15, -0.1) is 0 Å². The number of rotatable bonds is 6. The van der Waals surface area contributed by atoms with Gasteiger partial charge >= 0.3 is 0 Å². The Bertz CT molecular complexity index is 355. The molecule has 1 atom stereocenters. The van der Waals surface area contributed by atoms with Gasteiger partial charge < -0.3 is 15.0 Å². The molecule has 0 aliphatic rings. The van der Waals surface area contributed by atoms with Crippen molar-refractivity contribution < 1.29 is 4.74 Å². The summed E-state index contributed by atoms with van der Waals surface area (Å²) in [5.74, 6) is 0.935. The molecule has 0 saturated carbocycles. The molecule has 0 radical (unpaired) electrons. The first kappa shape index (κ1) is 14.5. The van der Waals surface area contributed by atoms with Crippen LogP contribution in [0.4, 0.5) is 0 Å². The average molecular weight is 301 g/mol. The van der Waals surface area contributed by atoms with Gasteiger partial charge in [-0.25, -0.2) is 0 Å². The fourth-order valence-electron chi connectivity index (χ4n) is 1.82. The Morgan fingerprint density at radius 2 is 2.12 bits per heavy atom. The molecule has 96 valence electrons. The molecule has 0 bridgehead atoms. The van der Waals surface area contributed by atoms with E-state index >= 15 is 0 Å². The Balaban J connectivity index is 3.02. The smallest absolute Gasteiger partial charge is 0.123 e. The topological polar surface area (TPSA) is 24.5 Å². The van der Waals surface area contributed by atoms with Gasteiger partial charge in [0, 0.05) is 16.6 Å². The number of hydrogen-bond donors (Lipinski definition) is 1. The third kappa shape index (κ3) is 3.98. The largest absolute Gasteiger partial charge is 0.496 e. The van der Waals surface area contributed by atoms with Crippen molar-refractivity contribution in [1.82, 2.24) is 10.2 Å². The third-order valence-corrected chi connectivity index (χ3v) is 3.26. The summed E-state index contributed by atoms with van der Waals surface area (Å²) in [5.41, 5.74) is 1.20. The second kappa shape index (κ2) is 6.99. The fourth-order valence-corrected chi connectivity index (χ4v) is 2.20. The molecule has 1 rings (SSSR count). The molecule has 17 heavy (non-hydrogen) atoms. The van der Waals surface area contributed by atoms with Crippen LogP contribution in [0, 0.1) is 0 Å². The van der Waals surface area contributed by atoms with E-state index in [1.54, 1.807) is 7.11 Å². The Labute approximate surface area is 112 Å². The predicted octanol–water partition coefficient (Wildman–Crippen LogP) is 2.67. The fraction of sp³-hybridized carbons (Fsp3) is 0.538. The highest BCUT2D eigenvalue weighted by molar-refractivity contribution is 9.10. The zero-order valence-corrected chi connectivity index (χ0v) is 12.5. The summed E-state index contributed by atoms with van der Waals surface area (Å²) in [6, 6.07) is 6.44. The van der Waals surface area contributed by atoms with Gasteiger partial charge in [-0.2, -0.15) is 0 Å². The lowest BCUT2D eigenvalue weighted by atomic mass is 10.0. The van der Waals surface area contributed by atoms with E-state index < -0.39 is 0 Å². The van der Waals surface area contributed by atoms with Gasteiger partial charge in [-0.1, -0.05) is 22.9 Å². The molecule has 1 N–H and O–H groups in total. The molecular formula is C13H21BrN2O. The molecule has 1 unspecified atom stereocenters. The van der Waals surface area contributed by atoms with E-state index in [-0.39, 0.29) is 0 Å². The normalized spacial score (nSPS) is 12.8. The van der Waals surface area contributed by atoms with Gasteiger partial charge in [0.05, 0.1) is 13.2 Å². The van der Waals surface area contributed by atoms with E-state index in [1.807, 2.05) is 12.1 Å². The van der Waals surface area contributed by atoms with Crippen LogP contribution in [0.5, 0.6) is 5.75 Å². The van der Waals surface area contributed by atoms with E-state index in [9.17, 15) is 0 Å². The van der Waals surface area contributed by atoms with Crippen molar-refractivity contribution in [2.24, 2.45) is 0 Å². The summed E-state index contributed by atoms with van der Waals surface area (Å²) in [4.78, 5) is 2.20. The minimum Gasteiger partial charge on any atom is -0.496 e. The van der Waals surface area contributed by atoms with Gasteiger partial charge in [0.15, 0.2) is 0 Å². The first-order chi connectivity index (χ1) is 8.10. The van der Waals surface area contributed by atoms with Crippen molar-refractivity contribution in [1.29, 1.82) is 0 Å². The van der Waals surface area contributed by atoms with Crippen LogP contribution in [-0.4, -0.2) is 39.2 Å². The molecule has 0 aliphatic heterocycles. The highest BCUT2D eigenvalue weighted by Gasteiger charge is 2.18. The molecular weight excluding hydrogens is 280 g/mol. The van der Waals surface area contributed by atoms with Crippen molar-refractivity contribution in [3.05, 3.63) is 28.2 Å². The number of likely N-dealkylation sites (N-methyl/N-ethyl adjacent to an activating group) is 2.